The summed E-state index contributed by atoms with van der Waals surface area (Å²) >= 11 is 0. The highest BCUT2D eigenvalue weighted by Gasteiger charge is 2.45. The van der Waals surface area contributed by atoms with E-state index in [1.165, 1.54) is 18.3 Å². The minimum Gasteiger partial charge on any atom is -0.244 e. The average molecular weight is 265 g/mol. The number of hydrogen-bond donors (Lipinski definition) is 1. The van der Waals surface area contributed by atoms with Gasteiger partial charge in [-0.2, -0.15) is 5.26 Å². The van der Waals surface area contributed by atoms with Crippen LogP contribution in [0, 0.1) is 22.7 Å². The van der Waals surface area contributed by atoms with Crippen LogP contribution >= 0.6 is 0 Å². The third kappa shape index (κ3) is 2.52. The highest BCUT2D eigenvalue weighted by atomic mass is 32.2. The SMILES string of the molecule is CC1(C)CC1CNS(=O)(=O)c1cccnc1C#N. The molecule has 96 valence electrons. The van der Waals surface area contributed by atoms with E-state index >= 15 is 0 Å². The normalized spacial score (nSPS) is 21.3. The Kier molecular flexibility index (Phi) is 3.13. The molecular weight excluding hydrogens is 250 g/mol. The molecule has 0 aliphatic heterocycles. The second kappa shape index (κ2) is 4.34. The van der Waals surface area contributed by atoms with Crippen molar-refractivity contribution in [1.82, 2.24) is 9.71 Å². The van der Waals surface area contributed by atoms with Gasteiger partial charge in [0.1, 0.15) is 11.0 Å². The Morgan fingerprint density at radius 3 is 2.83 bits per heavy atom. The van der Waals surface area contributed by atoms with E-state index in [0.29, 0.717) is 12.5 Å². The van der Waals surface area contributed by atoms with Crippen LogP contribution in [0.2, 0.25) is 0 Å². The molecule has 2 rings (SSSR count). The molecule has 1 saturated carbocycles. The Bertz CT molecular complexity index is 602. The van der Waals surface area contributed by atoms with Crippen LogP contribution in [0.1, 0.15) is 26.0 Å². The van der Waals surface area contributed by atoms with Crippen molar-refractivity contribution in [2.45, 2.75) is 25.2 Å². The van der Waals surface area contributed by atoms with Crippen molar-refractivity contribution in [3.8, 4) is 6.07 Å². The van der Waals surface area contributed by atoms with Crippen molar-refractivity contribution in [1.29, 1.82) is 5.26 Å². The smallest absolute Gasteiger partial charge is 0.243 e. The molecule has 0 aromatic carbocycles. The Hall–Kier alpha value is -1.45. The first-order valence-corrected chi connectivity index (χ1v) is 7.20. The average Bonchev–Trinajstić information content (AvgIpc) is 2.95. The summed E-state index contributed by atoms with van der Waals surface area (Å²) < 4.78 is 26.7. The number of rotatable bonds is 4. The van der Waals surface area contributed by atoms with Crippen LogP contribution in [0.3, 0.4) is 0 Å². The fraction of sp³-hybridized carbons (Fsp3) is 0.500. The number of nitriles is 1. The van der Waals surface area contributed by atoms with Gasteiger partial charge in [0.2, 0.25) is 10.0 Å². The standard InChI is InChI=1S/C12H15N3O2S/c1-12(2)6-9(12)8-15-18(16,17)11-4-3-5-14-10(11)7-13/h3-5,9,15H,6,8H2,1-2H3. The number of aromatic nitrogens is 1. The minimum absolute atomic E-state index is 0.0500. The number of hydrogen-bond acceptors (Lipinski definition) is 4. The lowest BCUT2D eigenvalue weighted by atomic mass is 10.1. The predicted octanol–water partition coefficient (Wildman–Crippen LogP) is 1.28. The van der Waals surface area contributed by atoms with Crippen molar-refractivity contribution in [3.05, 3.63) is 24.0 Å². The van der Waals surface area contributed by atoms with Crippen LogP contribution < -0.4 is 4.72 Å². The maximum atomic E-state index is 12.1. The van der Waals surface area contributed by atoms with Gasteiger partial charge in [-0.3, -0.25) is 0 Å². The number of nitrogens with zero attached hydrogens (tertiary/aromatic N) is 2. The van der Waals surface area contributed by atoms with Crippen LogP contribution in [0.5, 0.6) is 0 Å². The molecule has 6 heteroatoms. The van der Waals surface area contributed by atoms with Gasteiger partial charge in [0.15, 0.2) is 5.69 Å². The quantitative estimate of drug-likeness (QED) is 0.889. The third-order valence-corrected chi connectivity index (χ3v) is 4.86. The molecule has 0 spiro atoms. The first-order chi connectivity index (χ1) is 8.37. The van der Waals surface area contributed by atoms with Gasteiger partial charge in [-0.15, -0.1) is 0 Å². The molecule has 1 aromatic heterocycles. The first kappa shape index (κ1) is 13.0. The fourth-order valence-corrected chi connectivity index (χ4v) is 3.09. The molecular formula is C12H15N3O2S. The third-order valence-electron chi connectivity index (χ3n) is 3.40. The maximum absolute atomic E-state index is 12.1. The van der Waals surface area contributed by atoms with Gasteiger partial charge in [0.25, 0.3) is 0 Å². The lowest BCUT2D eigenvalue weighted by molar-refractivity contribution is 0.537. The van der Waals surface area contributed by atoms with Gasteiger partial charge >= 0.3 is 0 Å². The summed E-state index contributed by atoms with van der Waals surface area (Å²) in [7, 11) is -3.64. The molecule has 1 fully saturated rings. The largest absolute Gasteiger partial charge is 0.244 e. The zero-order chi connectivity index (χ0) is 13.4. The van der Waals surface area contributed by atoms with Gasteiger partial charge in [-0.25, -0.2) is 18.1 Å². The molecule has 1 atom stereocenters. The number of sulfonamides is 1. The second-order valence-electron chi connectivity index (χ2n) is 5.20. The lowest BCUT2D eigenvalue weighted by Crippen LogP contribution is -2.27. The van der Waals surface area contributed by atoms with E-state index in [4.69, 9.17) is 5.26 Å². The van der Waals surface area contributed by atoms with E-state index < -0.39 is 10.0 Å². The zero-order valence-electron chi connectivity index (χ0n) is 10.3. The monoisotopic (exact) mass is 265 g/mol. The van der Waals surface area contributed by atoms with Crippen LogP contribution in [0.4, 0.5) is 0 Å². The van der Waals surface area contributed by atoms with E-state index in [-0.39, 0.29) is 16.0 Å². The van der Waals surface area contributed by atoms with Gasteiger partial charge in [-0.1, -0.05) is 13.8 Å². The summed E-state index contributed by atoms with van der Waals surface area (Å²) in [6, 6.07) is 4.70. The van der Waals surface area contributed by atoms with Crippen molar-refractivity contribution in [3.63, 3.8) is 0 Å². The summed E-state index contributed by atoms with van der Waals surface area (Å²) in [4.78, 5) is 3.70. The van der Waals surface area contributed by atoms with Crippen LogP contribution in [-0.4, -0.2) is 19.9 Å². The van der Waals surface area contributed by atoms with Crippen molar-refractivity contribution in [2.75, 3.05) is 6.54 Å². The zero-order valence-corrected chi connectivity index (χ0v) is 11.2. The molecule has 5 nitrogen and oxygen atoms in total. The summed E-state index contributed by atoms with van der Waals surface area (Å²) in [6.45, 7) is 4.63. The van der Waals surface area contributed by atoms with Gasteiger partial charge < -0.3 is 0 Å². The molecule has 1 aliphatic carbocycles. The topological polar surface area (TPSA) is 82.8 Å². The minimum atomic E-state index is -3.64. The van der Waals surface area contributed by atoms with Crippen LogP contribution in [0.15, 0.2) is 23.2 Å². The second-order valence-corrected chi connectivity index (χ2v) is 6.94. The molecule has 1 N–H and O–H groups in total. The lowest BCUT2D eigenvalue weighted by Gasteiger charge is -2.08. The molecule has 1 aliphatic rings. The molecule has 18 heavy (non-hydrogen) atoms. The van der Waals surface area contributed by atoms with Crippen LogP contribution in [-0.2, 0) is 10.0 Å². The van der Waals surface area contributed by atoms with Gasteiger partial charge in [0, 0.05) is 12.7 Å². The van der Waals surface area contributed by atoms with Crippen LogP contribution in [0.25, 0.3) is 0 Å². The summed E-state index contributed by atoms with van der Waals surface area (Å²) in [5.74, 6) is 0.370. The Morgan fingerprint density at radius 2 is 2.28 bits per heavy atom. The van der Waals surface area contributed by atoms with Gasteiger partial charge in [-0.05, 0) is 29.9 Å². The maximum Gasteiger partial charge on any atom is 0.243 e. The van der Waals surface area contributed by atoms with E-state index in [0.717, 1.165) is 6.42 Å². The summed E-state index contributed by atoms with van der Waals surface area (Å²) in [5.41, 5.74) is 0.148. The number of pyridine rings is 1. The summed E-state index contributed by atoms with van der Waals surface area (Å²) in [6.07, 6.45) is 2.43. The van der Waals surface area contributed by atoms with Gasteiger partial charge in [0.05, 0.1) is 0 Å². The van der Waals surface area contributed by atoms with Crippen molar-refractivity contribution < 1.29 is 8.42 Å². The molecule has 0 bridgehead atoms. The van der Waals surface area contributed by atoms with E-state index in [1.54, 1.807) is 6.07 Å². The molecule has 1 aromatic rings. The van der Waals surface area contributed by atoms with Crippen molar-refractivity contribution >= 4 is 10.0 Å². The Labute approximate surface area is 107 Å². The Balaban J connectivity index is 2.14. The predicted molar refractivity (Wildman–Crippen MR) is 66.0 cm³/mol. The van der Waals surface area contributed by atoms with Crippen molar-refractivity contribution in [2.24, 2.45) is 11.3 Å². The highest BCUT2D eigenvalue weighted by molar-refractivity contribution is 7.89. The summed E-state index contributed by atoms with van der Waals surface area (Å²) in [5, 5.41) is 8.85. The highest BCUT2D eigenvalue weighted by Crippen LogP contribution is 2.51. The molecule has 1 heterocycles. The molecule has 0 radical (unpaired) electrons. The molecule has 0 amide bonds. The molecule has 1 unspecified atom stereocenters. The fourth-order valence-electron chi connectivity index (χ4n) is 1.90. The van der Waals surface area contributed by atoms with E-state index in [2.05, 4.69) is 23.6 Å². The first-order valence-electron chi connectivity index (χ1n) is 5.71. The van der Waals surface area contributed by atoms with E-state index in [9.17, 15) is 8.42 Å². The molecule has 0 saturated heterocycles. The number of nitrogens with one attached hydrogen (secondary N) is 1. The van der Waals surface area contributed by atoms with E-state index in [1.807, 2.05) is 0 Å². The Morgan fingerprint density at radius 1 is 1.61 bits per heavy atom.